The molecule has 0 saturated heterocycles. The van der Waals surface area contributed by atoms with Gasteiger partial charge in [0.15, 0.2) is 5.69 Å². The second kappa shape index (κ2) is 6.74. The molecule has 1 aromatic carbocycles. The zero-order valence-electron chi connectivity index (χ0n) is 12.6. The number of carbonyl (C=O) groups is 1. The van der Waals surface area contributed by atoms with Crippen LogP contribution >= 0.6 is 0 Å². The number of nitrogens with zero attached hydrogens (tertiary/aromatic N) is 2. The van der Waals surface area contributed by atoms with Crippen molar-refractivity contribution in [3.05, 3.63) is 71.8 Å². The van der Waals surface area contributed by atoms with Crippen molar-refractivity contribution in [2.24, 2.45) is 0 Å². The zero-order valence-corrected chi connectivity index (χ0v) is 12.6. The predicted molar refractivity (Wildman–Crippen MR) is 87.2 cm³/mol. The molecule has 0 saturated carbocycles. The van der Waals surface area contributed by atoms with E-state index in [-0.39, 0.29) is 11.6 Å². The Morgan fingerprint density at radius 3 is 2.65 bits per heavy atom. The van der Waals surface area contributed by atoms with E-state index in [9.17, 15) is 4.79 Å². The third kappa shape index (κ3) is 3.74. The molecule has 1 amide bonds. The lowest BCUT2D eigenvalue weighted by Gasteiger charge is -2.07. The summed E-state index contributed by atoms with van der Waals surface area (Å²) < 4.78 is 5.22. The number of hydrogen-bond acceptors (Lipinski definition) is 5. The number of aryl methyl sites for hydroxylation is 1. The van der Waals surface area contributed by atoms with E-state index >= 15 is 0 Å². The van der Waals surface area contributed by atoms with Gasteiger partial charge in [0.2, 0.25) is 0 Å². The molecule has 0 spiro atoms. The zero-order chi connectivity index (χ0) is 16.1. The number of furan rings is 1. The summed E-state index contributed by atoms with van der Waals surface area (Å²) in [6, 6.07) is 14.6. The molecule has 6 nitrogen and oxygen atoms in total. The van der Waals surface area contributed by atoms with Crippen LogP contribution in [0.2, 0.25) is 0 Å². The molecular weight excluding hydrogens is 292 g/mol. The Kier molecular flexibility index (Phi) is 4.33. The van der Waals surface area contributed by atoms with Gasteiger partial charge < -0.3 is 15.1 Å². The maximum atomic E-state index is 12.2. The van der Waals surface area contributed by atoms with Crippen LogP contribution in [0.3, 0.4) is 0 Å². The lowest BCUT2D eigenvalue weighted by molar-refractivity contribution is 0.102. The van der Waals surface area contributed by atoms with E-state index in [1.807, 2.05) is 43.3 Å². The predicted octanol–water partition coefficient (Wildman–Crippen LogP) is 3.24. The van der Waals surface area contributed by atoms with Crippen LogP contribution in [0.15, 0.2) is 59.2 Å². The smallest absolute Gasteiger partial charge is 0.276 e. The van der Waals surface area contributed by atoms with E-state index in [2.05, 4.69) is 20.8 Å². The maximum absolute atomic E-state index is 12.2. The van der Waals surface area contributed by atoms with Crippen LogP contribution in [0.5, 0.6) is 0 Å². The van der Waals surface area contributed by atoms with Crippen LogP contribution in [-0.2, 0) is 6.54 Å². The van der Waals surface area contributed by atoms with Crippen molar-refractivity contribution in [2.45, 2.75) is 13.5 Å². The van der Waals surface area contributed by atoms with Gasteiger partial charge in [0.1, 0.15) is 11.6 Å². The summed E-state index contributed by atoms with van der Waals surface area (Å²) >= 11 is 0. The Labute approximate surface area is 133 Å². The van der Waals surface area contributed by atoms with Crippen molar-refractivity contribution < 1.29 is 9.21 Å². The third-order valence-corrected chi connectivity index (χ3v) is 3.31. The number of anilines is 2. The molecule has 0 bridgehead atoms. The summed E-state index contributed by atoms with van der Waals surface area (Å²) in [5.74, 6) is 1.09. The first-order valence-corrected chi connectivity index (χ1v) is 7.19. The van der Waals surface area contributed by atoms with Gasteiger partial charge in [-0.05, 0) is 42.8 Å². The first-order chi connectivity index (χ1) is 11.2. The highest BCUT2D eigenvalue weighted by atomic mass is 16.3. The molecule has 116 valence electrons. The summed E-state index contributed by atoms with van der Waals surface area (Å²) in [5.41, 5.74) is 2.02. The Bertz CT molecular complexity index is 783. The fourth-order valence-corrected chi connectivity index (χ4v) is 2.04. The topological polar surface area (TPSA) is 80.0 Å². The minimum atomic E-state index is -0.288. The monoisotopic (exact) mass is 308 g/mol. The van der Waals surface area contributed by atoms with Crippen molar-refractivity contribution in [1.29, 1.82) is 0 Å². The first-order valence-electron chi connectivity index (χ1n) is 7.19. The standard InChI is InChI=1S/C17H16N4O2/c1-12-5-2-3-7-14(12)19-17(22)15-8-9-16(21-20-15)18-11-13-6-4-10-23-13/h2-10H,11H2,1H3,(H,18,21)(H,19,22). The summed E-state index contributed by atoms with van der Waals surface area (Å²) in [5, 5.41) is 13.8. The molecule has 0 aliphatic rings. The van der Waals surface area contributed by atoms with Crippen molar-refractivity contribution in [2.75, 3.05) is 10.6 Å². The molecule has 2 N–H and O–H groups in total. The molecule has 3 aromatic rings. The first kappa shape index (κ1) is 14.8. The number of para-hydroxylation sites is 1. The van der Waals surface area contributed by atoms with Gasteiger partial charge in [-0.2, -0.15) is 0 Å². The summed E-state index contributed by atoms with van der Waals surface area (Å²) in [7, 11) is 0. The molecule has 3 rings (SSSR count). The van der Waals surface area contributed by atoms with Gasteiger partial charge in [0.25, 0.3) is 5.91 Å². The van der Waals surface area contributed by atoms with E-state index in [0.29, 0.717) is 12.4 Å². The van der Waals surface area contributed by atoms with Gasteiger partial charge in [-0.15, -0.1) is 10.2 Å². The van der Waals surface area contributed by atoms with Gasteiger partial charge in [-0.1, -0.05) is 18.2 Å². The molecule has 0 aliphatic carbocycles. The lowest BCUT2D eigenvalue weighted by Crippen LogP contribution is -2.15. The van der Waals surface area contributed by atoms with Gasteiger partial charge in [0, 0.05) is 5.69 Å². The molecule has 2 heterocycles. The second-order valence-electron chi connectivity index (χ2n) is 5.01. The van der Waals surface area contributed by atoms with Crippen LogP contribution in [0.1, 0.15) is 21.8 Å². The van der Waals surface area contributed by atoms with Gasteiger partial charge in [-0.3, -0.25) is 4.79 Å². The number of benzene rings is 1. The molecule has 0 aliphatic heterocycles. The minimum Gasteiger partial charge on any atom is -0.467 e. The number of nitrogens with one attached hydrogen (secondary N) is 2. The summed E-state index contributed by atoms with van der Waals surface area (Å²) in [4.78, 5) is 12.2. The number of amides is 1. The molecule has 23 heavy (non-hydrogen) atoms. The molecule has 0 fully saturated rings. The Morgan fingerprint density at radius 2 is 1.96 bits per heavy atom. The normalized spacial score (nSPS) is 10.3. The van der Waals surface area contributed by atoms with E-state index < -0.39 is 0 Å². The highest BCUT2D eigenvalue weighted by Crippen LogP contribution is 2.14. The molecule has 0 unspecified atom stereocenters. The Hall–Kier alpha value is -3.15. The lowest BCUT2D eigenvalue weighted by atomic mass is 10.2. The summed E-state index contributed by atoms with van der Waals surface area (Å²) in [6.45, 7) is 2.44. The highest BCUT2D eigenvalue weighted by molar-refractivity contribution is 6.03. The fraction of sp³-hybridized carbons (Fsp3) is 0.118. The number of rotatable bonds is 5. The molecule has 0 atom stereocenters. The fourth-order valence-electron chi connectivity index (χ4n) is 2.04. The average molecular weight is 308 g/mol. The van der Waals surface area contributed by atoms with E-state index in [1.54, 1.807) is 18.4 Å². The second-order valence-corrected chi connectivity index (χ2v) is 5.01. The molecule has 0 radical (unpaired) electrons. The Balaban J connectivity index is 1.62. The average Bonchev–Trinajstić information content (AvgIpc) is 3.09. The van der Waals surface area contributed by atoms with E-state index in [1.165, 1.54) is 0 Å². The molecule has 2 aromatic heterocycles. The quantitative estimate of drug-likeness (QED) is 0.756. The van der Waals surface area contributed by atoms with Crippen molar-refractivity contribution in [3.63, 3.8) is 0 Å². The highest BCUT2D eigenvalue weighted by Gasteiger charge is 2.09. The van der Waals surface area contributed by atoms with E-state index in [0.717, 1.165) is 17.0 Å². The number of carbonyl (C=O) groups excluding carboxylic acids is 1. The maximum Gasteiger partial charge on any atom is 0.276 e. The Morgan fingerprint density at radius 1 is 1.09 bits per heavy atom. The minimum absolute atomic E-state index is 0.261. The van der Waals surface area contributed by atoms with Crippen LogP contribution in [-0.4, -0.2) is 16.1 Å². The van der Waals surface area contributed by atoms with E-state index in [4.69, 9.17) is 4.42 Å². The van der Waals surface area contributed by atoms with Crippen LogP contribution < -0.4 is 10.6 Å². The van der Waals surface area contributed by atoms with Gasteiger partial charge in [-0.25, -0.2) is 0 Å². The number of hydrogen-bond donors (Lipinski definition) is 2. The van der Waals surface area contributed by atoms with Crippen LogP contribution in [0, 0.1) is 6.92 Å². The molecular formula is C17H16N4O2. The number of aromatic nitrogens is 2. The SMILES string of the molecule is Cc1ccccc1NC(=O)c1ccc(NCc2ccco2)nn1. The van der Waals surface area contributed by atoms with Crippen molar-refractivity contribution >= 4 is 17.4 Å². The van der Waals surface area contributed by atoms with Crippen molar-refractivity contribution in [3.8, 4) is 0 Å². The van der Waals surface area contributed by atoms with Crippen LogP contribution in [0.4, 0.5) is 11.5 Å². The largest absolute Gasteiger partial charge is 0.467 e. The van der Waals surface area contributed by atoms with Crippen LogP contribution in [0.25, 0.3) is 0 Å². The molecule has 6 heteroatoms. The summed E-state index contributed by atoms with van der Waals surface area (Å²) in [6.07, 6.45) is 1.61. The third-order valence-electron chi connectivity index (χ3n) is 3.31. The van der Waals surface area contributed by atoms with Gasteiger partial charge >= 0.3 is 0 Å². The van der Waals surface area contributed by atoms with Gasteiger partial charge in [0.05, 0.1) is 12.8 Å². The van der Waals surface area contributed by atoms with Crippen molar-refractivity contribution in [1.82, 2.24) is 10.2 Å².